The summed E-state index contributed by atoms with van der Waals surface area (Å²) in [4.78, 5) is 14.2. The molecule has 0 N–H and O–H groups in total. The van der Waals surface area contributed by atoms with E-state index in [2.05, 4.69) is 4.74 Å². The molecular formula is C21H21ClF4N2O5S. The number of amides is 1. The first-order chi connectivity index (χ1) is 15.7. The summed E-state index contributed by atoms with van der Waals surface area (Å²) in [6.45, 7) is 2.95. The molecule has 0 unspecified atom stereocenters. The summed E-state index contributed by atoms with van der Waals surface area (Å²) in [6.07, 6.45) is -4.89. The Balaban J connectivity index is 1.64. The molecule has 2 aromatic rings. The number of halogens is 5. The number of alkyl halides is 3. The van der Waals surface area contributed by atoms with E-state index < -0.39 is 39.5 Å². The van der Waals surface area contributed by atoms with E-state index >= 15 is 0 Å². The summed E-state index contributed by atoms with van der Waals surface area (Å²) in [5.41, 5.74) is -1.44. The van der Waals surface area contributed by atoms with Gasteiger partial charge in [-0.25, -0.2) is 12.8 Å². The first-order valence-corrected chi connectivity index (χ1v) is 11.8. The molecule has 1 aliphatic heterocycles. The maximum absolute atomic E-state index is 14.1. The van der Waals surface area contributed by atoms with Crippen LogP contribution >= 0.6 is 11.6 Å². The van der Waals surface area contributed by atoms with Crippen molar-refractivity contribution < 1.29 is 40.2 Å². The van der Waals surface area contributed by atoms with E-state index in [1.807, 2.05) is 0 Å². The van der Waals surface area contributed by atoms with E-state index in [1.54, 1.807) is 0 Å². The number of nitrogens with zero attached hydrogens (tertiary/aromatic N) is 2. The summed E-state index contributed by atoms with van der Waals surface area (Å²) >= 11 is 5.72. The second-order valence-corrected chi connectivity index (χ2v) is 10.3. The lowest BCUT2D eigenvalue weighted by molar-refractivity contribution is -0.274. The predicted octanol–water partition coefficient (Wildman–Crippen LogP) is 4.07. The van der Waals surface area contributed by atoms with Gasteiger partial charge >= 0.3 is 6.36 Å². The Morgan fingerprint density at radius 3 is 2.09 bits per heavy atom. The van der Waals surface area contributed by atoms with Gasteiger partial charge in [-0.15, -0.1) is 13.2 Å². The summed E-state index contributed by atoms with van der Waals surface area (Å²) < 4.78 is 87.1. The second-order valence-electron chi connectivity index (χ2n) is 7.90. The molecular weight excluding hydrogens is 504 g/mol. The molecule has 0 radical (unpaired) electrons. The van der Waals surface area contributed by atoms with Gasteiger partial charge in [-0.1, -0.05) is 11.6 Å². The van der Waals surface area contributed by atoms with Crippen molar-refractivity contribution in [3.8, 4) is 11.5 Å². The number of piperazine rings is 1. The van der Waals surface area contributed by atoms with Gasteiger partial charge in [0, 0.05) is 31.2 Å². The van der Waals surface area contributed by atoms with Gasteiger partial charge in [-0.3, -0.25) is 4.79 Å². The van der Waals surface area contributed by atoms with Crippen molar-refractivity contribution in [2.24, 2.45) is 0 Å². The van der Waals surface area contributed by atoms with Crippen LogP contribution in [0, 0.1) is 5.82 Å². The van der Waals surface area contributed by atoms with Crippen LogP contribution in [0.5, 0.6) is 11.5 Å². The lowest BCUT2D eigenvalue weighted by Gasteiger charge is -2.38. The summed E-state index contributed by atoms with van der Waals surface area (Å²) in [5.74, 6) is -1.88. The Hall–Kier alpha value is -2.57. The van der Waals surface area contributed by atoms with Gasteiger partial charge in [0.15, 0.2) is 17.2 Å². The van der Waals surface area contributed by atoms with Gasteiger partial charge in [0.05, 0.1) is 4.90 Å². The molecule has 0 saturated carbocycles. The first kappa shape index (κ1) is 26.0. The van der Waals surface area contributed by atoms with Crippen LogP contribution in [0.2, 0.25) is 5.02 Å². The molecule has 34 heavy (non-hydrogen) atoms. The van der Waals surface area contributed by atoms with Gasteiger partial charge in [-0.2, -0.15) is 4.31 Å². The quantitative estimate of drug-likeness (QED) is 0.533. The zero-order valence-corrected chi connectivity index (χ0v) is 19.7. The molecule has 3 rings (SSSR count). The van der Waals surface area contributed by atoms with E-state index in [0.29, 0.717) is 0 Å². The lowest BCUT2D eigenvalue weighted by atomic mass is 10.1. The molecule has 186 valence electrons. The maximum atomic E-state index is 14.1. The van der Waals surface area contributed by atoms with Crippen molar-refractivity contribution in [3.05, 3.63) is 53.3 Å². The normalized spacial score (nSPS) is 15.8. The number of hydrogen-bond acceptors (Lipinski definition) is 5. The Morgan fingerprint density at radius 1 is 0.971 bits per heavy atom. The number of carbonyl (C=O) groups excluding carboxylic acids is 1. The van der Waals surface area contributed by atoms with Crippen LogP contribution in [-0.2, 0) is 14.8 Å². The zero-order valence-electron chi connectivity index (χ0n) is 18.1. The highest BCUT2D eigenvalue weighted by molar-refractivity contribution is 7.89. The third-order valence-corrected chi connectivity index (χ3v) is 7.14. The van der Waals surface area contributed by atoms with Crippen LogP contribution in [0.15, 0.2) is 47.4 Å². The first-order valence-electron chi connectivity index (χ1n) is 9.98. The SMILES string of the molecule is CC(C)(Oc1ccc(Cl)cc1F)C(=O)N1CCN(S(=O)(=O)c2ccc(OC(F)(F)F)cc2)CC1. The summed E-state index contributed by atoms with van der Waals surface area (Å²) in [5, 5.41) is 0.175. The zero-order chi connectivity index (χ0) is 25.3. The molecule has 1 aliphatic rings. The summed E-state index contributed by atoms with van der Waals surface area (Å²) in [7, 11) is -4.00. The largest absolute Gasteiger partial charge is 0.573 e. The Kier molecular flexibility index (Phi) is 7.34. The Morgan fingerprint density at radius 2 is 1.56 bits per heavy atom. The van der Waals surface area contributed by atoms with Gasteiger partial charge in [0.25, 0.3) is 5.91 Å². The maximum Gasteiger partial charge on any atom is 0.573 e. The average molecular weight is 525 g/mol. The highest BCUT2D eigenvalue weighted by Crippen LogP contribution is 2.28. The monoisotopic (exact) mass is 524 g/mol. The van der Waals surface area contributed by atoms with E-state index in [1.165, 1.54) is 30.9 Å². The molecule has 2 aromatic carbocycles. The molecule has 1 fully saturated rings. The van der Waals surface area contributed by atoms with E-state index in [9.17, 15) is 30.8 Å². The smallest absolute Gasteiger partial charge is 0.475 e. The Labute approximate surface area is 198 Å². The molecule has 0 atom stereocenters. The van der Waals surface area contributed by atoms with Crippen LogP contribution < -0.4 is 9.47 Å². The topological polar surface area (TPSA) is 76.2 Å². The molecule has 7 nitrogen and oxygen atoms in total. The third-order valence-electron chi connectivity index (χ3n) is 5.00. The molecule has 0 aromatic heterocycles. The number of hydrogen-bond donors (Lipinski definition) is 0. The van der Waals surface area contributed by atoms with Gasteiger partial charge < -0.3 is 14.4 Å². The van der Waals surface area contributed by atoms with Crippen LogP contribution in [0.25, 0.3) is 0 Å². The summed E-state index contributed by atoms with van der Waals surface area (Å²) in [6, 6.07) is 7.65. The highest BCUT2D eigenvalue weighted by atomic mass is 35.5. The van der Waals surface area contributed by atoms with E-state index in [-0.39, 0.29) is 41.8 Å². The molecule has 1 heterocycles. The second kappa shape index (κ2) is 9.59. The van der Waals surface area contributed by atoms with Crippen molar-refractivity contribution in [2.75, 3.05) is 26.2 Å². The minimum absolute atomic E-state index is 0.0414. The molecule has 1 saturated heterocycles. The molecule has 0 aliphatic carbocycles. The fraction of sp³-hybridized carbons (Fsp3) is 0.381. The number of sulfonamides is 1. The van der Waals surface area contributed by atoms with E-state index in [4.69, 9.17) is 16.3 Å². The fourth-order valence-electron chi connectivity index (χ4n) is 3.35. The van der Waals surface area contributed by atoms with Crippen LogP contribution in [0.3, 0.4) is 0 Å². The van der Waals surface area contributed by atoms with Crippen LogP contribution in [0.4, 0.5) is 17.6 Å². The van der Waals surface area contributed by atoms with Crippen molar-refractivity contribution in [1.29, 1.82) is 0 Å². The third kappa shape index (κ3) is 6.10. The standard InChI is InChI=1S/C21H21ClF4N2O5S/c1-20(2,33-18-8-3-14(22)13-17(18)23)19(29)27-9-11-28(12-10-27)34(30,31)16-6-4-15(5-7-16)32-21(24,25)26/h3-8,13H,9-12H2,1-2H3. The number of carbonyl (C=O) groups is 1. The van der Waals surface area contributed by atoms with E-state index in [0.717, 1.165) is 34.6 Å². The average Bonchev–Trinajstić information content (AvgIpc) is 2.74. The van der Waals surface area contributed by atoms with Gasteiger partial charge in [-0.05, 0) is 56.3 Å². The molecule has 13 heteroatoms. The minimum Gasteiger partial charge on any atom is -0.475 e. The fourth-order valence-corrected chi connectivity index (χ4v) is 4.93. The lowest BCUT2D eigenvalue weighted by Crippen LogP contribution is -2.56. The number of rotatable bonds is 6. The molecule has 0 bridgehead atoms. The number of ether oxygens (including phenoxy) is 2. The van der Waals surface area contributed by atoms with Crippen molar-refractivity contribution in [1.82, 2.24) is 9.21 Å². The number of benzene rings is 2. The highest BCUT2D eigenvalue weighted by Gasteiger charge is 2.38. The van der Waals surface area contributed by atoms with Crippen molar-refractivity contribution in [2.45, 2.75) is 30.7 Å². The molecule has 1 amide bonds. The Bertz CT molecular complexity index is 1150. The minimum atomic E-state index is -4.89. The van der Waals surface area contributed by atoms with Crippen LogP contribution in [-0.4, -0.2) is 61.7 Å². The van der Waals surface area contributed by atoms with Crippen LogP contribution in [0.1, 0.15) is 13.8 Å². The van der Waals surface area contributed by atoms with Gasteiger partial charge in [0.2, 0.25) is 10.0 Å². The van der Waals surface area contributed by atoms with Crippen molar-refractivity contribution >= 4 is 27.5 Å². The molecule has 0 spiro atoms. The predicted molar refractivity (Wildman–Crippen MR) is 115 cm³/mol. The van der Waals surface area contributed by atoms with Crippen molar-refractivity contribution in [3.63, 3.8) is 0 Å². The van der Waals surface area contributed by atoms with Gasteiger partial charge in [0.1, 0.15) is 5.75 Å².